The van der Waals surface area contributed by atoms with Crippen molar-refractivity contribution in [2.75, 3.05) is 33.8 Å². The molecule has 1 saturated heterocycles. The van der Waals surface area contributed by atoms with Gasteiger partial charge in [-0.15, -0.1) is 0 Å². The van der Waals surface area contributed by atoms with Crippen molar-refractivity contribution in [2.45, 2.75) is 19.4 Å². The summed E-state index contributed by atoms with van der Waals surface area (Å²) < 4.78 is 6.58. The minimum absolute atomic E-state index is 0.115. The van der Waals surface area contributed by atoms with Crippen molar-refractivity contribution in [3.63, 3.8) is 0 Å². The van der Waals surface area contributed by atoms with E-state index < -0.39 is 17.7 Å². The first kappa shape index (κ1) is 23.3. The van der Waals surface area contributed by atoms with Crippen molar-refractivity contribution in [3.8, 4) is 5.75 Å². The molecule has 0 aliphatic carbocycles. The van der Waals surface area contributed by atoms with Gasteiger partial charge in [-0.1, -0.05) is 24.3 Å². The van der Waals surface area contributed by atoms with E-state index in [2.05, 4.69) is 22.6 Å². The van der Waals surface area contributed by atoms with Gasteiger partial charge in [0.15, 0.2) is 0 Å². The zero-order valence-electron chi connectivity index (χ0n) is 18.0. The molecule has 1 unspecified atom stereocenters. The maximum absolute atomic E-state index is 13.0. The number of carbonyl (C=O) groups excluding carboxylic acids is 2. The first-order valence-corrected chi connectivity index (χ1v) is 11.3. The Bertz CT molecular complexity index is 985. The molecule has 0 spiro atoms. The first-order valence-electron chi connectivity index (χ1n) is 10.2. The standard InChI is InChI=1S/C24H27IN2O4/c1-4-31-19-8-5-7-17(15-19)22(28)20-21(16-9-11-18(25)12-10-16)27(24(30)23(20)29)14-6-13-26(2)3/h5,7-12,15,21,28H,4,6,13-14H2,1-3H3. The number of likely N-dealkylation sites (tertiary alicyclic amines) is 1. The maximum Gasteiger partial charge on any atom is 0.295 e. The van der Waals surface area contributed by atoms with Crippen LogP contribution in [0.15, 0.2) is 54.1 Å². The molecule has 6 nitrogen and oxygen atoms in total. The van der Waals surface area contributed by atoms with Gasteiger partial charge in [-0.3, -0.25) is 9.59 Å². The Labute approximate surface area is 196 Å². The molecule has 1 atom stereocenters. The first-order chi connectivity index (χ1) is 14.8. The third-order valence-corrected chi connectivity index (χ3v) is 5.87. The van der Waals surface area contributed by atoms with Gasteiger partial charge in [-0.25, -0.2) is 0 Å². The maximum atomic E-state index is 13.0. The molecule has 3 rings (SSSR count). The smallest absolute Gasteiger partial charge is 0.295 e. The van der Waals surface area contributed by atoms with Crippen LogP contribution in [0.5, 0.6) is 5.75 Å². The Balaban J connectivity index is 2.08. The lowest BCUT2D eigenvalue weighted by atomic mass is 9.95. The summed E-state index contributed by atoms with van der Waals surface area (Å²) in [5.74, 6) is -0.825. The molecule has 1 heterocycles. The molecule has 1 N–H and O–H groups in total. The molecule has 7 heteroatoms. The summed E-state index contributed by atoms with van der Waals surface area (Å²) >= 11 is 2.21. The molecule has 31 heavy (non-hydrogen) atoms. The average Bonchev–Trinajstić information content (AvgIpc) is 2.99. The Morgan fingerprint density at radius 3 is 2.52 bits per heavy atom. The number of amides is 1. The molecule has 0 saturated carbocycles. The van der Waals surface area contributed by atoms with Crippen LogP contribution in [0.4, 0.5) is 0 Å². The van der Waals surface area contributed by atoms with Crippen molar-refractivity contribution >= 4 is 40.0 Å². The van der Waals surface area contributed by atoms with Gasteiger partial charge in [0.05, 0.1) is 18.2 Å². The highest BCUT2D eigenvalue weighted by molar-refractivity contribution is 14.1. The van der Waals surface area contributed by atoms with E-state index in [1.54, 1.807) is 29.2 Å². The van der Waals surface area contributed by atoms with Crippen LogP contribution < -0.4 is 4.74 Å². The number of ketones is 1. The molecule has 2 aromatic carbocycles. The number of aliphatic hydroxyl groups is 1. The Hall–Kier alpha value is -2.39. The molecular weight excluding hydrogens is 507 g/mol. The molecule has 0 radical (unpaired) electrons. The summed E-state index contributed by atoms with van der Waals surface area (Å²) in [7, 11) is 3.94. The molecule has 1 aliphatic rings. The third-order valence-electron chi connectivity index (χ3n) is 5.15. The number of carbonyl (C=O) groups is 2. The van der Waals surface area contributed by atoms with E-state index in [9.17, 15) is 14.7 Å². The van der Waals surface area contributed by atoms with E-state index in [1.165, 1.54) is 0 Å². The monoisotopic (exact) mass is 534 g/mol. The number of Topliss-reactive ketones (excluding diaryl/α,β-unsaturated/α-hetero) is 1. The summed E-state index contributed by atoms with van der Waals surface area (Å²) in [5.41, 5.74) is 1.37. The molecule has 164 valence electrons. The number of rotatable bonds is 8. The predicted octanol–water partition coefficient (Wildman–Crippen LogP) is 4.06. The van der Waals surface area contributed by atoms with Gasteiger partial charge >= 0.3 is 0 Å². The van der Waals surface area contributed by atoms with Crippen LogP contribution in [0.25, 0.3) is 5.76 Å². The van der Waals surface area contributed by atoms with Gasteiger partial charge in [0.2, 0.25) is 0 Å². The number of hydrogen-bond acceptors (Lipinski definition) is 5. The van der Waals surface area contributed by atoms with Gasteiger partial charge in [0, 0.05) is 15.7 Å². The largest absolute Gasteiger partial charge is 0.507 e. The summed E-state index contributed by atoms with van der Waals surface area (Å²) in [4.78, 5) is 29.6. The number of aliphatic hydroxyl groups excluding tert-OH is 1. The predicted molar refractivity (Wildman–Crippen MR) is 129 cm³/mol. The molecule has 1 aliphatic heterocycles. The van der Waals surface area contributed by atoms with Crippen LogP contribution in [-0.4, -0.2) is 60.4 Å². The third kappa shape index (κ3) is 5.27. The highest BCUT2D eigenvalue weighted by atomic mass is 127. The van der Waals surface area contributed by atoms with Crippen LogP contribution >= 0.6 is 22.6 Å². The second-order valence-corrected chi connectivity index (χ2v) is 8.91. The minimum atomic E-state index is -0.660. The van der Waals surface area contributed by atoms with Crippen LogP contribution in [0.3, 0.4) is 0 Å². The second kappa shape index (κ2) is 10.3. The molecule has 1 amide bonds. The van der Waals surface area contributed by atoms with Crippen molar-refractivity contribution in [2.24, 2.45) is 0 Å². The van der Waals surface area contributed by atoms with E-state index >= 15 is 0 Å². The zero-order valence-corrected chi connectivity index (χ0v) is 20.1. The number of hydrogen-bond donors (Lipinski definition) is 1. The fourth-order valence-corrected chi connectivity index (χ4v) is 4.07. The zero-order chi connectivity index (χ0) is 22.5. The van der Waals surface area contributed by atoms with Gasteiger partial charge in [-0.2, -0.15) is 0 Å². The van der Waals surface area contributed by atoms with E-state index in [1.807, 2.05) is 50.2 Å². The normalized spacial score (nSPS) is 18.1. The van der Waals surface area contributed by atoms with Crippen molar-refractivity contribution in [3.05, 3.63) is 68.8 Å². The molecule has 1 fully saturated rings. The number of benzene rings is 2. The number of halogens is 1. The average molecular weight is 534 g/mol. The lowest BCUT2D eigenvalue weighted by molar-refractivity contribution is -0.139. The van der Waals surface area contributed by atoms with Crippen LogP contribution in [-0.2, 0) is 9.59 Å². The Morgan fingerprint density at radius 1 is 1.16 bits per heavy atom. The number of nitrogens with zero attached hydrogens (tertiary/aromatic N) is 2. The van der Waals surface area contributed by atoms with Crippen molar-refractivity contribution < 1.29 is 19.4 Å². The van der Waals surface area contributed by atoms with Crippen molar-refractivity contribution in [1.82, 2.24) is 9.80 Å². The lowest BCUT2D eigenvalue weighted by Gasteiger charge is -2.26. The van der Waals surface area contributed by atoms with Gasteiger partial charge < -0.3 is 19.6 Å². The van der Waals surface area contributed by atoms with E-state index in [0.29, 0.717) is 24.5 Å². The fourth-order valence-electron chi connectivity index (χ4n) is 3.71. The quantitative estimate of drug-likeness (QED) is 0.240. The minimum Gasteiger partial charge on any atom is -0.507 e. The summed E-state index contributed by atoms with van der Waals surface area (Å²) in [6.45, 7) is 3.58. The van der Waals surface area contributed by atoms with Gasteiger partial charge in [0.1, 0.15) is 11.5 Å². The van der Waals surface area contributed by atoms with Gasteiger partial charge in [-0.05, 0) is 86.4 Å². The van der Waals surface area contributed by atoms with Crippen LogP contribution in [0, 0.1) is 3.57 Å². The van der Waals surface area contributed by atoms with E-state index in [0.717, 1.165) is 22.1 Å². The SMILES string of the molecule is CCOc1cccc(C(O)=C2C(=O)C(=O)N(CCCN(C)C)C2c2ccc(I)cc2)c1. The summed E-state index contributed by atoms with van der Waals surface area (Å²) in [6, 6.07) is 14.0. The fraction of sp³-hybridized carbons (Fsp3) is 0.333. The second-order valence-electron chi connectivity index (χ2n) is 7.66. The van der Waals surface area contributed by atoms with E-state index in [-0.39, 0.29) is 11.3 Å². The molecule has 0 aromatic heterocycles. The van der Waals surface area contributed by atoms with Crippen LogP contribution in [0.2, 0.25) is 0 Å². The molecule has 2 aromatic rings. The van der Waals surface area contributed by atoms with Crippen molar-refractivity contribution in [1.29, 1.82) is 0 Å². The molecule has 0 bridgehead atoms. The highest BCUT2D eigenvalue weighted by Gasteiger charge is 2.45. The summed E-state index contributed by atoms with van der Waals surface area (Å²) in [6.07, 6.45) is 0.723. The highest BCUT2D eigenvalue weighted by Crippen LogP contribution is 2.39. The Morgan fingerprint density at radius 2 is 1.87 bits per heavy atom. The van der Waals surface area contributed by atoms with E-state index in [4.69, 9.17) is 4.74 Å². The Kier molecular flexibility index (Phi) is 7.72. The topological polar surface area (TPSA) is 70.1 Å². The van der Waals surface area contributed by atoms with Crippen LogP contribution in [0.1, 0.15) is 30.5 Å². The van der Waals surface area contributed by atoms with Gasteiger partial charge in [0.25, 0.3) is 11.7 Å². The lowest BCUT2D eigenvalue weighted by Crippen LogP contribution is -2.32. The number of ether oxygens (including phenoxy) is 1. The summed E-state index contributed by atoms with van der Waals surface area (Å²) in [5, 5.41) is 11.1. The molecular formula is C24H27IN2O4.